The van der Waals surface area contributed by atoms with Crippen LogP contribution < -0.4 is 10.5 Å². The van der Waals surface area contributed by atoms with Gasteiger partial charge in [-0.1, -0.05) is 23.2 Å². The summed E-state index contributed by atoms with van der Waals surface area (Å²) in [5, 5.41) is 5.51. The Morgan fingerprint density at radius 2 is 1.95 bits per heavy atom. The predicted molar refractivity (Wildman–Crippen MR) is 77.3 cm³/mol. The largest absolute Gasteiger partial charge is 0.436 e. The SMILES string of the molecule is Cn1ncc2c(Oc3cc(Cl)c(Cl)cc3N)ncnc21. The Labute approximate surface area is 124 Å². The minimum absolute atomic E-state index is 0.354. The zero-order chi connectivity index (χ0) is 14.3. The van der Waals surface area contributed by atoms with Crippen LogP contribution in [0, 0.1) is 0 Å². The molecule has 0 aliphatic rings. The number of benzene rings is 1. The third-order valence-corrected chi connectivity index (χ3v) is 3.47. The van der Waals surface area contributed by atoms with Gasteiger partial charge in [-0.3, -0.25) is 4.68 Å². The highest BCUT2D eigenvalue weighted by molar-refractivity contribution is 6.42. The van der Waals surface area contributed by atoms with Gasteiger partial charge < -0.3 is 10.5 Å². The summed E-state index contributed by atoms with van der Waals surface area (Å²) in [7, 11) is 1.78. The van der Waals surface area contributed by atoms with Crippen molar-refractivity contribution in [2.24, 2.45) is 7.05 Å². The molecule has 0 amide bonds. The molecule has 6 nitrogen and oxygen atoms in total. The van der Waals surface area contributed by atoms with Crippen LogP contribution in [0.15, 0.2) is 24.7 Å². The van der Waals surface area contributed by atoms with E-state index in [9.17, 15) is 0 Å². The average Bonchev–Trinajstić information content (AvgIpc) is 2.79. The third kappa shape index (κ3) is 2.13. The number of nitrogens with zero attached hydrogens (tertiary/aromatic N) is 4. The van der Waals surface area contributed by atoms with Crippen LogP contribution >= 0.6 is 23.2 Å². The number of aryl methyl sites for hydroxylation is 1. The van der Waals surface area contributed by atoms with Crippen LogP contribution in [0.5, 0.6) is 11.6 Å². The van der Waals surface area contributed by atoms with E-state index in [1.165, 1.54) is 12.4 Å². The van der Waals surface area contributed by atoms with Crippen LogP contribution in [0.2, 0.25) is 10.0 Å². The van der Waals surface area contributed by atoms with Crippen LogP contribution in [0.3, 0.4) is 0 Å². The predicted octanol–water partition coefficient (Wildman–Crippen LogP) is 3.04. The summed E-state index contributed by atoms with van der Waals surface area (Å²) >= 11 is 11.8. The molecule has 3 aromatic rings. The number of nitrogens with two attached hydrogens (primary N) is 1. The summed E-state index contributed by atoms with van der Waals surface area (Å²) in [6.07, 6.45) is 3.02. The summed E-state index contributed by atoms with van der Waals surface area (Å²) in [5.74, 6) is 0.733. The molecule has 0 unspecified atom stereocenters. The van der Waals surface area contributed by atoms with E-state index in [2.05, 4.69) is 15.1 Å². The standard InChI is InChI=1S/C12H9Cl2N5O/c1-19-11-6(4-18-19)12(17-5-16-11)20-10-3-8(14)7(13)2-9(10)15/h2-5H,15H2,1H3. The van der Waals surface area contributed by atoms with Gasteiger partial charge in [0.2, 0.25) is 5.88 Å². The van der Waals surface area contributed by atoms with E-state index in [0.717, 1.165) is 0 Å². The molecule has 2 heterocycles. The molecule has 0 bridgehead atoms. The number of ether oxygens (including phenoxy) is 1. The summed E-state index contributed by atoms with van der Waals surface area (Å²) in [6.45, 7) is 0. The molecule has 0 saturated carbocycles. The van der Waals surface area contributed by atoms with Gasteiger partial charge in [-0.05, 0) is 6.07 Å². The van der Waals surface area contributed by atoms with Gasteiger partial charge in [0.05, 0.1) is 21.9 Å². The third-order valence-electron chi connectivity index (χ3n) is 2.75. The van der Waals surface area contributed by atoms with Crippen LogP contribution in [-0.2, 0) is 7.05 Å². The van der Waals surface area contributed by atoms with Gasteiger partial charge in [0, 0.05) is 13.1 Å². The molecule has 20 heavy (non-hydrogen) atoms. The monoisotopic (exact) mass is 309 g/mol. The molecular formula is C12H9Cl2N5O. The number of anilines is 1. The maximum absolute atomic E-state index is 5.96. The number of aromatic nitrogens is 4. The van der Waals surface area contributed by atoms with Gasteiger partial charge in [0.1, 0.15) is 11.7 Å². The number of nitrogen functional groups attached to an aromatic ring is 1. The first-order chi connectivity index (χ1) is 9.56. The Bertz CT molecular complexity index is 802. The lowest BCUT2D eigenvalue weighted by atomic mass is 10.3. The van der Waals surface area contributed by atoms with E-state index >= 15 is 0 Å². The van der Waals surface area contributed by atoms with Crippen molar-refractivity contribution in [1.29, 1.82) is 0 Å². The fourth-order valence-electron chi connectivity index (χ4n) is 1.76. The van der Waals surface area contributed by atoms with E-state index in [-0.39, 0.29) is 0 Å². The quantitative estimate of drug-likeness (QED) is 0.736. The molecule has 0 spiro atoms. The lowest BCUT2D eigenvalue weighted by Crippen LogP contribution is -1.96. The fraction of sp³-hybridized carbons (Fsp3) is 0.0833. The van der Waals surface area contributed by atoms with Crippen LogP contribution in [-0.4, -0.2) is 19.7 Å². The van der Waals surface area contributed by atoms with Crippen molar-refractivity contribution in [3.8, 4) is 11.6 Å². The van der Waals surface area contributed by atoms with Crippen LogP contribution in [0.1, 0.15) is 0 Å². The molecule has 2 N–H and O–H groups in total. The Kier molecular flexibility index (Phi) is 3.11. The highest BCUT2D eigenvalue weighted by Gasteiger charge is 2.13. The molecule has 0 radical (unpaired) electrons. The molecule has 102 valence electrons. The Balaban J connectivity index is 2.08. The Morgan fingerprint density at radius 3 is 2.75 bits per heavy atom. The number of halogens is 2. The molecule has 0 aliphatic carbocycles. The maximum atomic E-state index is 5.96. The van der Waals surface area contributed by atoms with Gasteiger partial charge >= 0.3 is 0 Å². The zero-order valence-corrected chi connectivity index (χ0v) is 11.9. The molecule has 2 aromatic heterocycles. The summed E-state index contributed by atoms with van der Waals surface area (Å²) in [5.41, 5.74) is 6.89. The van der Waals surface area contributed by atoms with Crippen LogP contribution in [0.25, 0.3) is 11.0 Å². The smallest absolute Gasteiger partial charge is 0.233 e. The molecule has 1 aromatic carbocycles. The first-order valence-corrected chi connectivity index (χ1v) is 6.37. The lowest BCUT2D eigenvalue weighted by molar-refractivity contribution is 0.470. The molecule has 0 saturated heterocycles. The van der Waals surface area contributed by atoms with Gasteiger partial charge in [0.15, 0.2) is 11.4 Å². The van der Waals surface area contributed by atoms with Crippen molar-refractivity contribution >= 4 is 39.9 Å². The number of rotatable bonds is 2. The second-order valence-corrected chi connectivity index (χ2v) is 4.90. The molecule has 8 heteroatoms. The second kappa shape index (κ2) is 4.81. The lowest BCUT2D eigenvalue weighted by Gasteiger charge is -2.09. The van der Waals surface area contributed by atoms with Crippen molar-refractivity contribution in [2.75, 3.05) is 5.73 Å². The number of hydrogen-bond donors (Lipinski definition) is 1. The van der Waals surface area contributed by atoms with E-state index in [0.29, 0.717) is 38.4 Å². The van der Waals surface area contributed by atoms with Crippen molar-refractivity contribution in [3.05, 3.63) is 34.7 Å². The van der Waals surface area contributed by atoms with E-state index < -0.39 is 0 Å². The topological polar surface area (TPSA) is 78.9 Å². The first-order valence-electron chi connectivity index (χ1n) is 5.61. The van der Waals surface area contributed by atoms with Gasteiger partial charge in [0.25, 0.3) is 0 Å². The molecule has 3 rings (SSSR count). The van der Waals surface area contributed by atoms with Crippen LogP contribution in [0.4, 0.5) is 5.69 Å². The van der Waals surface area contributed by atoms with Crippen molar-refractivity contribution in [3.63, 3.8) is 0 Å². The van der Waals surface area contributed by atoms with Gasteiger partial charge in [-0.25, -0.2) is 9.97 Å². The molecular weight excluding hydrogens is 301 g/mol. The minimum atomic E-state index is 0.354. The zero-order valence-electron chi connectivity index (χ0n) is 10.3. The number of fused-ring (bicyclic) bond motifs is 1. The summed E-state index contributed by atoms with van der Waals surface area (Å²) in [6, 6.07) is 3.07. The number of hydrogen-bond acceptors (Lipinski definition) is 5. The molecule has 0 aliphatic heterocycles. The van der Waals surface area contributed by atoms with E-state index in [1.54, 1.807) is 24.0 Å². The minimum Gasteiger partial charge on any atom is -0.436 e. The Morgan fingerprint density at radius 1 is 1.20 bits per heavy atom. The van der Waals surface area contributed by atoms with E-state index in [1.807, 2.05) is 0 Å². The highest BCUT2D eigenvalue weighted by Crippen LogP contribution is 2.35. The summed E-state index contributed by atoms with van der Waals surface area (Å²) in [4.78, 5) is 8.22. The highest BCUT2D eigenvalue weighted by atomic mass is 35.5. The fourth-order valence-corrected chi connectivity index (χ4v) is 2.08. The maximum Gasteiger partial charge on any atom is 0.233 e. The molecule has 0 fully saturated rings. The van der Waals surface area contributed by atoms with Gasteiger partial charge in [-0.15, -0.1) is 0 Å². The summed E-state index contributed by atoms with van der Waals surface area (Å²) < 4.78 is 7.33. The average molecular weight is 310 g/mol. The van der Waals surface area contributed by atoms with Gasteiger partial charge in [-0.2, -0.15) is 5.10 Å². The Hall–Kier alpha value is -2.05. The first kappa shape index (κ1) is 13.0. The van der Waals surface area contributed by atoms with Crippen molar-refractivity contribution < 1.29 is 4.74 Å². The van der Waals surface area contributed by atoms with Crippen molar-refractivity contribution in [2.45, 2.75) is 0 Å². The van der Waals surface area contributed by atoms with Crippen molar-refractivity contribution in [1.82, 2.24) is 19.7 Å². The molecule has 0 atom stereocenters. The normalized spacial score (nSPS) is 10.9. The van der Waals surface area contributed by atoms with E-state index in [4.69, 9.17) is 33.7 Å². The second-order valence-electron chi connectivity index (χ2n) is 4.09.